The number of carbonyl (C=O) groups excluding carboxylic acids is 1. The Bertz CT molecular complexity index is 534. The number of rotatable bonds is 3. The van der Waals surface area contributed by atoms with E-state index in [1.807, 2.05) is 13.0 Å². The van der Waals surface area contributed by atoms with Crippen molar-refractivity contribution in [1.29, 1.82) is 5.26 Å². The second kappa shape index (κ2) is 6.71. The average Bonchev–Trinajstić information content (AvgIpc) is 2.47. The molecule has 1 saturated heterocycles. The second-order valence-corrected chi connectivity index (χ2v) is 5.16. The van der Waals surface area contributed by atoms with Crippen molar-refractivity contribution in [2.45, 2.75) is 13.0 Å². The highest BCUT2D eigenvalue weighted by Gasteiger charge is 2.22. The Kier molecular flexibility index (Phi) is 4.96. The van der Waals surface area contributed by atoms with Crippen LogP contribution in [0.15, 0.2) is 18.2 Å². The lowest BCUT2D eigenvalue weighted by molar-refractivity contribution is -0.120. The number of piperazine rings is 1. The highest BCUT2D eigenvalue weighted by Crippen LogP contribution is 2.20. The van der Waals surface area contributed by atoms with E-state index in [9.17, 15) is 4.79 Å². The number of halogens is 1. The van der Waals surface area contributed by atoms with Crippen LogP contribution in [0.1, 0.15) is 12.5 Å². The standard InChI is InChI=1S/C14H17ClN4O/c1-10(19-6-4-17-5-7-19)14(20)18-12-3-2-11(9-16)13(15)8-12/h2-3,8,10,17H,4-7H2,1H3,(H,18,20). The van der Waals surface area contributed by atoms with E-state index in [0.29, 0.717) is 16.3 Å². The molecule has 20 heavy (non-hydrogen) atoms. The van der Waals surface area contributed by atoms with Crippen LogP contribution >= 0.6 is 11.6 Å². The maximum atomic E-state index is 12.2. The molecule has 1 unspecified atom stereocenters. The van der Waals surface area contributed by atoms with E-state index in [0.717, 1.165) is 26.2 Å². The van der Waals surface area contributed by atoms with E-state index >= 15 is 0 Å². The summed E-state index contributed by atoms with van der Waals surface area (Å²) in [6.07, 6.45) is 0. The van der Waals surface area contributed by atoms with Crippen molar-refractivity contribution in [2.75, 3.05) is 31.5 Å². The third kappa shape index (κ3) is 3.48. The summed E-state index contributed by atoms with van der Waals surface area (Å²) in [5.74, 6) is -0.0623. The molecule has 1 heterocycles. The topological polar surface area (TPSA) is 68.2 Å². The van der Waals surface area contributed by atoms with Crippen LogP contribution in [0.25, 0.3) is 0 Å². The summed E-state index contributed by atoms with van der Waals surface area (Å²) in [6.45, 7) is 5.43. The fraction of sp³-hybridized carbons (Fsp3) is 0.429. The molecule has 1 aliphatic heterocycles. The highest BCUT2D eigenvalue weighted by molar-refractivity contribution is 6.32. The quantitative estimate of drug-likeness (QED) is 0.885. The van der Waals surface area contributed by atoms with Crippen molar-refractivity contribution in [2.24, 2.45) is 0 Å². The van der Waals surface area contributed by atoms with Gasteiger partial charge >= 0.3 is 0 Å². The number of benzene rings is 1. The third-order valence-corrected chi connectivity index (χ3v) is 3.75. The molecule has 1 aromatic carbocycles. The maximum absolute atomic E-state index is 12.2. The number of carbonyl (C=O) groups is 1. The molecule has 0 aromatic heterocycles. The van der Waals surface area contributed by atoms with Gasteiger partial charge in [-0.25, -0.2) is 0 Å². The molecule has 1 atom stereocenters. The largest absolute Gasteiger partial charge is 0.325 e. The summed E-state index contributed by atoms with van der Waals surface area (Å²) in [6, 6.07) is 6.69. The average molecular weight is 293 g/mol. The molecule has 0 saturated carbocycles. The molecule has 0 radical (unpaired) electrons. The van der Waals surface area contributed by atoms with Crippen LogP contribution in [-0.2, 0) is 4.79 Å². The number of nitriles is 1. The Morgan fingerprint density at radius 1 is 1.50 bits per heavy atom. The number of nitrogens with one attached hydrogen (secondary N) is 2. The number of nitrogens with zero attached hydrogens (tertiary/aromatic N) is 2. The Labute approximate surface area is 123 Å². The van der Waals surface area contributed by atoms with E-state index in [2.05, 4.69) is 15.5 Å². The van der Waals surface area contributed by atoms with Crippen molar-refractivity contribution >= 4 is 23.2 Å². The minimum atomic E-state index is -0.188. The van der Waals surface area contributed by atoms with E-state index in [1.54, 1.807) is 18.2 Å². The Morgan fingerprint density at radius 2 is 2.20 bits per heavy atom. The lowest BCUT2D eigenvalue weighted by atomic mass is 10.2. The molecule has 106 valence electrons. The fourth-order valence-electron chi connectivity index (χ4n) is 2.17. The van der Waals surface area contributed by atoms with Gasteiger partial charge in [0.05, 0.1) is 16.6 Å². The normalized spacial score (nSPS) is 17.2. The summed E-state index contributed by atoms with van der Waals surface area (Å²) in [4.78, 5) is 14.3. The van der Waals surface area contributed by atoms with Gasteiger partial charge in [-0.3, -0.25) is 9.69 Å². The molecule has 6 heteroatoms. The van der Waals surface area contributed by atoms with Gasteiger partial charge in [0.25, 0.3) is 0 Å². The lowest BCUT2D eigenvalue weighted by Crippen LogP contribution is -2.51. The smallest absolute Gasteiger partial charge is 0.241 e. The van der Waals surface area contributed by atoms with E-state index < -0.39 is 0 Å². The van der Waals surface area contributed by atoms with Crippen LogP contribution in [0.3, 0.4) is 0 Å². The molecule has 1 aliphatic rings. The zero-order valence-corrected chi connectivity index (χ0v) is 12.1. The zero-order chi connectivity index (χ0) is 14.5. The first-order chi connectivity index (χ1) is 9.61. The van der Waals surface area contributed by atoms with Crippen LogP contribution in [0.4, 0.5) is 5.69 Å². The molecule has 1 aromatic rings. The molecular formula is C14H17ClN4O. The van der Waals surface area contributed by atoms with Crippen LogP contribution in [-0.4, -0.2) is 43.0 Å². The van der Waals surface area contributed by atoms with Gasteiger partial charge in [-0.15, -0.1) is 0 Å². The van der Waals surface area contributed by atoms with Crippen LogP contribution < -0.4 is 10.6 Å². The summed E-state index contributed by atoms with van der Waals surface area (Å²) in [7, 11) is 0. The summed E-state index contributed by atoms with van der Waals surface area (Å²) < 4.78 is 0. The molecule has 0 bridgehead atoms. The van der Waals surface area contributed by atoms with Gasteiger partial charge in [-0.05, 0) is 25.1 Å². The van der Waals surface area contributed by atoms with Gasteiger partial charge in [0.1, 0.15) is 6.07 Å². The molecule has 2 rings (SSSR count). The molecule has 2 N–H and O–H groups in total. The van der Waals surface area contributed by atoms with Gasteiger partial charge < -0.3 is 10.6 Å². The Balaban J connectivity index is 2.00. The number of amides is 1. The fourth-order valence-corrected chi connectivity index (χ4v) is 2.39. The highest BCUT2D eigenvalue weighted by atomic mass is 35.5. The van der Waals surface area contributed by atoms with Crippen LogP contribution in [0.2, 0.25) is 5.02 Å². The van der Waals surface area contributed by atoms with Gasteiger partial charge in [0.15, 0.2) is 0 Å². The number of hydrogen-bond acceptors (Lipinski definition) is 4. The molecule has 5 nitrogen and oxygen atoms in total. The predicted octanol–water partition coefficient (Wildman–Crippen LogP) is 1.44. The number of hydrogen-bond donors (Lipinski definition) is 2. The van der Waals surface area contributed by atoms with Gasteiger partial charge in [0, 0.05) is 31.9 Å². The monoisotopic (exact) mass is 292 g/mol. The van der Waals surface area contributed by atoms with Crippen molar-refractivity contribution in [3.8, 4) is 6.07 Å². The predicted molar refractivity (Wildman–Crippen MR) is 78.7 cm³/mol. The summed E-state index contributed by atoms with van der Waals surface area (Å²) >= 11 is 5.95. The van der Waals surface area contributed by atoms with Crippen molar-refractivity contribution < 1.29 is 4.79 Å². The lowest BCUT2D eigenvalue weighted by Gasteiger charge is -2.31. The van der Waals surface area contributed by atoms with Crippen LogP contribution in [0, 0.1) is 11.3 Å². The summed E-state index contributed by atoms with van der Waals surface area (Å²) in [5.41, 5.74) is 1.01. The van der Waals surface area contributed by atoms with E-state index in [1.165, 1.54) is 0 Å². The summed E-state index contributed by atoms with van der Waals surface area (Å²) in [5, 5.41) is 15.3. The van der Waals surface area contributed by atoms with Gasteiger partial charge in [-0.2, -0.15) is 5.26 Å². The SMILES string of the molecule is CC(C(=O)Nc1ccc(C#N)c(Cl)c1)N1CCNCC1. The van der Waals surface area contributed by atoms with Crippen molar-refractivity contribution in [3.63, 3.8) is 0 Å². The third-order valence-electron chi connectivity index (χ3n) is 3.44. The van der Waals surface area contributed by atoms with Crippen molar-refractivity contribution in [1.82, 2.24) is 10.2 Å². The maximum Gasteiger partial charge on any atom is 0.241 e. The van der Waals surface area contributed by atoms with Crippen molar-refractivity contribution in [3.05, 3.63) is 28.8 Å². The Hall–Kier alpha value is -1.61. The second-order valence-electron chi connectivity index (χ2n) is 4.76. The molecule has 0 aliphatic carbocycles. The van der Waals surface area contributed by atoms with Crippen LogP contribution in [0.5, 0.6) is 0 Å². The van der Waals surface area contributed by atoms with E-state index in [4.69, 9.17) is 16.9 Å². The first-order valence-corrected chi connectivity index (χ1v) is 6.95. The molecular weight excluding hydrogens is 276 g/mol. The number of anilines is 1. The zero-order valence-electron chi connectivity index (χ0n) is 11.3. The first-order valence-electron chi connectivity index (χ1n) is 6.57. The molecule has 1 fully saturated rings. The first kappa shape index (κ1) is 14.8. The molecule has 1 amide bonds. The van der Waals surface area contributed by atoms with Gasteiger partial charge in [0.2, 0.25) is 5.91 Å². The minimum absolute atomic E-state index is 0.0623. The van der Waals surface area contributed by atoms with E-state index in [-0.39, 0.29) is 11.9 Å². The van der Waals surface area contributed by atoms with Gasteiger partial charge in [-0.1, -0.05) is 11.6 Å². The Morgan fingerprint density at radius 3 is 2.80 bits per heavy atom. The molecule has 0 spiro atoms. The minimum Gasteiger partial charge on any atom is -0.325 e.